The summed E-state index contributed by atoms with van der Waals surface area (Å²) in [7, 11) is -2.76. The maximum atomic E-state index is 13.4. The molecule has 2 aromatic rings. The van der Waals surface area contributed by atoms with E-state index in [1.165, 1.54) is 20.1 Å². The number of hydrogen-bond acceptors (Lipinski definition) is 4. The van der Waals surface area contributed by atoms with Crippen LogP contribution in [0.1, 0.15) is 16.7 Å². The van der Waals surface area contributed by atoms with Gasteiger partial charge >= 0.3 is 5.97 Å². The van der Waals surface area contributed by atoms with Gasteiger partial charge in [-0.3, -0.25) is 4.79 Å². The molecule has 5 nitrogen and oxygen atoms in total. The number of carbonyl (C=O) groups is 1. The molecule has 0 saturated heterocycles. The average molecular weight is 363 g/mol. The van der Waals surface area contributed by atoms with E-state index in [-0.39, 0.29) is 17.9 Å². The topological polar surface area (TPSA) is 63.7 Å². The normalized spacial score (nSPS) is 17.8. The molecule has 1 aliphatic heterocycles. The second-order valence-corrected chi connectivity index (χ2v) is 7.83. The predicted octanol–water partition coefficient (Wildman–Crippen LogP) is 2.42. The van der Waals surface area contributed by atoms with Gasteiger partial charge in [-0.25, -0.2) is 12.8 Å². The predicted molar refractivity (Wildman–Crippen MR) is 89.8 cm³/mol. The third kappa shape index (κ3) is 3.17. The molecule has 0 N–H and O–H groups in total. The van der Waals surface area contributed by atoms with Crippen LogP contribution in [0.4, 0.5) is 4.39 Å². The molecule has 0 spiro atoms. The SMILES string of the molecule is COC(=O)[C@@H]1Cc2ccccc2CN1S(=O)(=O)c1ccc(F)cc1C. The summed E-state index contributed by atoms with van der Waals surface area (Å²) in [4.78, 5) is 12.2. The lowest BCUT2D eigenvalue weighted by Crippen LogP contribution is -2.49. The number of carbonyl (C=O) groups excluding carboxylic acids is 1. The summed E-state index contributed by atoms with van der Waals surface area (Å²) in [6.07, 6.45) is 0.238. The zero-order chi connectivity index (χ0) is 18.2. The monoisotopic (exact) mass is 363 g/mol. The van der Waals surface area contributed by atoms with Gasteiger partial charge in [-0.1, -0.05) is 24.3 Å². The summed E-state index contributed by atoms with van der Waals surface area (Å²) in [6, 6.07) is 9.93. The minimum atomic E-state index is -3.99. The van der Waals surface area contributed by atoms with Crippen molar-refractivity contribution in [2.45, 2.75) is 30.8 Å². The fraction of sp³-hybridized carbons (Fsp3) is 0.278. The maximum Gasteiger partial charge on any atom is 0.324 e. The number of benzene rings is 2. The van der Waals surface area contributed by atoms with E-state index in [4.69, 9.17) is 4.74 Å². The highest BCUT2D eigenvalue weighted by Gasteiger charge is 2.40. The van der Waals surface area contributed by atoms with Crippen LogP contribution < -0.4 is 0 Å². The van der Waals surface area contributed by atoms with Gasteiger partial charge in [0.1, 0.15) is 11.9 Å². The first-order valence-electron chi connectivity index (χ1n) is 7.77. The van der Waals surface area contributed by atoms with Crippen molar-refractivity contribution in [2.75, 3.05) is 7.11 Å². The number of halogens is 1. The molecule has 0 unspecified atom stereocenters. The number of rotatable bonds is 3. The molecule has 2 aromatic carbocycles. The Balaban J connectivity index is 2.10. The van der Waals surface area contributed by atoms with E-state index >= 15 is 0 Å². The van der Waals surface area contributed by atoms with Gasteiger partial charge in [0.25, 0.3) is 0 Å². The van der Waals surface area contributed by atoms with Crippen LogP contribution in [0.2, 0.25) is 0 Å². The van der Waals surface area contributed by atoms with Gasteiger partial charge in [0, 0.05) is 13.0 Å². The van der Waals surface area contributed by atoms with E-state index < -0.39 is 27.9 Å². The molecule has 0 bridgehead atoms. The summed E-state index contributed by atoms with van der Waals surface area (Å²) >= 11 is 0. The molecule has 0 fully saturated rings. The van der Waals surface area contributed by atoms with Crippen molar-refractivity contribution in [2.24, 2.45) is 0 Å². The molecular formula is C18H18FNO4S. The number of sulfonamides is 1. The fourth-order valence-corrected chi connectivity index (χ4v) is 4.88. The molecule has 0 amide bonds. The number of hydrogen-bond donors (Lipinski definition) is 0. The molecule has 0 aromatic heterocycles. The summed E-state index contributed by atoms with van der Waals surface area (Å²) in [5.41, 5.74) is 2.05. The molecule has 7 heteroatoms. The quantitative estimate of drug-likeness (QED) is 0.786. The van der Waals surface area contributed by atoms with Crippen LogP contribution >= 0.6 is 0 Å². The number of fused-ring (bicyclic) bond motifs is 1. The number of nitrogens with zero attached hydrogens (tertiary/aromatic N) is 1. The smallest absolute Gasteiger partial charge is 0.324 e. The molecule has 0 aliphatic carbocycles. The highest BCUT2D eigenvalue weighted by molar-refractivity contribution is 7.89. The van der Waals surface area contributed by atoms with Crippen LogP contribution in [0, 0.1) is 12.7 Å². The van der Waals surface area contributed by atoms with Crippen molar-refractivity contribution in [3.8, 4) is 0 Å². The lowest BCUT2D eigenvalue weighted by Gasteiger charge is -2.34. The van der Waals surface area contributed by atoms with E-state index in [1.54, 1.807) is 0 Å². The third-order valence-corrected chi connectivity index (χ3v) is 6.42. The Morgan fingerprint density at radius 2 is 1.88 bits per heavy atom. The van der Waals surface area contributed by atoms with Crippen LogP contribution in [0.5, 0.6) is 0 Å². The van der Waals surface area contributed by atoms with Gasteiger partial charge in [-0.15, -0.1) is 0 Å². The maximum absolute atomic E-state index is 13.4. The van der Waals surface area contributed by atoms with Gasteiger partial charge in [-0.05, 0) is 41.8 Å². The lowest BCUT2D eigenvalue weighted by atomic mass is 9.96. The van der Waals surface area contributed by atoms with Gasteiger partial charge in [0.05, 0.1) is 12.0 Å². The molecular weight excluding hydrogens is 345 g/mol. The van der Waals surface area contributed by atoms with E-state index in [9.17, 15) is 17.6 Å². The fourth-order valence-electron chi connectivity index (χ4n) is 3.12. The summed E-state index contributed by atoms with van der Waals surface area (Å²) < 4.78 is 45.6. The van der Waals surface area contributed by atoms with E-state index in [0.717, 1.165) is 27.6 Å². The standard InChI is InChI=1S/C18H18FNO4S/c1-12-9-15(19)7-8-17(12)25(22,23)20-11-14-6-4-3-5-13(14)10-16(20)18(21)24-2/h3-9,16H,10-11H2,1-2H3/t16-/m0/s1. The second kappa shape index (κ2) is 6.57. The first kappa shape index (κ1) is 17.6. The first-order chi connectivity index (χ1) is 11.8. The average Bonchev–Trinajstić information content (AvgIpc) is 2.59. The molecule has 132 valence electrons. The number of esters is 1. The Labute approximate surface area is 146 Å². The van der Waals surface area contributed by atoms with Gasteiger partial charge in [0.2, 0.25) is 10.0 Å². The molecule has 0 radical (unpaired) electrons. The largest absolute Gasteiger partial charge is 0.468 e. The van der Waals surface area contributed by atoms with Crippen LogP contribution in [0.25, 0.3) is 0 Å². The number of ether oxygens (including phenoxy) is 1. The third-order valence-electron chi connectivity index (χ3n) is 4.40. The van der Waals surface area contributed by atoms with Gasteiger partial charge in [-0.2, -0.15) is 4.31 Å². The highest BCUT2D eigenvalue weighted by atomic mass is 32.2. The van der Waals surface area contributed by atoms with E-state index in [2.05, 4.69) is 0 Å². The Morgan fingerprint density at radius 1 is 1.20 bits per heavy atom. The molecule has 3 rings (SSSR count). The van der Waals surface area contributed by atoms with Crippen molar-refractivity contribution < 1.29 is 22.3 Å². The van der Waals surface area contributed by atoms with E-state index in [1.807, 2.05) is 24.3 Å². The zero-order valence-electron chi connectivity index (χ0n) is 13.9. The summed E-state index contributed by atoms with van der Waals surface area (Å²) in [5.74, 6) is -1.12. The molecule has 1 heterocycles. The second-order valence-electron chi connectivity index (χ2n) is 5.97. The minimum Gasteiger partial charge on any atom is -0.468 e. The zero-order valence-corrected chi connectivity index (χ0v) is 14.7. The summed E-state index contributed by atoms with van der Waals surface area (Å²) in [5, 5.41) is 0. The summed E-state index contributed by atoms with van der Waals surface area (Å²) in [6.45, 7) is 1.59. The Hall–Kier alpha value is -2.25. The highest BCUT2D eigenvalue weighted by Crippen LogP contribution is 2.31. The molecule has 1 aliphatic rings. The van der Waals surface area contributed by atoms with Crippen molar-refractivity contribution >= 4 is 16.0 Å². The van der Waals surface area contributed by atoms with E-state index in [0.29, 0.717) is 5.56 Å². The Kier molecular flexibility index (Phi) is 4.62. The molecule has 0 saturated carbocycles. The van der Waals surface area contributed by atoms with Crippen LogP contribution in [-0.4, -0.2) is 31.8 Å². The van der Waals surface area contributed by atoms with Crippen molar-refractivity contribution in [1.29, 1.82) is 0 Å². The van der Waals surface area contributed by atoms with Gasteiger partial charge < -0.3 is 4.74 Å². The number of methoxy groups -OCH3 is 1. The van der Waals surface area contributed by atoms with Crippen molar-refractivity contribution in [3.63, 3.8) is 0 Å². The van der Waals surface area contributed by atoms with Gasteiger partial charge in [0.15, 0.2) is 0 Å². The first-order valence-corrected chi connectivity index (χ1v) is 9.21. The Morgan fingerprint density at radius 3 is 2.52 bits per heavy atom. The minimum absolute atomic E-state index is 0.0119. The van der Waals surface area contributed by atoms with Crippen molar-refractivity contribution in [3.05, 3.63) is 65.0 Å². The number of aryl methyl sites for hydroxylation is 1. The Bertz CT molecular complexity index is 926. The lowest BCUT2D eigenvalue weighted by molar-refractivity contribution is -0.145. The van der Waals surface area contributed by atoms with Crippen LogP contribution in [-0.2, 0) is 32.5 Å². The van der Waals surface area contributed by atoms with Crippen molar-refractivity contribution in [1.82, 2.24) is 4.31 Å². The van der Waals surface area contributed by atoms with Crippen LogP contribution in [0.15, 0.2) is 47.4 Å². The molecule has 25 heavy (non-hydrogen) atoms. The molecule has 1 atom stereocenters. The van der Waals surface area contributed by atoms with Crippen LogP contribution in [0.3, 0.4) is 0 Å².